The third-order valence-corrected chi connectivity index (χ3v) is 5.80. The lowest BCUT2D eigenvalue weighted by Gasteiger charge is -2.12. The average molecular weight is 471 g/mol. The zero-order valence-electron chi connectivity index (χ0n) is 16.2. The number of halogens is 1. The monoisotopic (exact) mass is 470 g/mol. The highest BCUT2D eigenvalue weighted by Crippen LogP contribution is 2.38. The van der Waals surface area contributed by atoms with Crippen molar-refractivity contribution in [2.45, 2.75) is 13.8 Å². The zero-order chi connectivity index (χ0) is 21.0. The molecule has 1 saturated heterocycles. The topological polar surface area (TPSA) is 59.9 Å². The number of aliphatic imine (C=N–C) groups is 1. The Labute approximate surface area is 182 Å². The maximum Gasteiger partial charge on any atom is 0.264 e. The summed E-state index contributed by atoms with van der Waals surface area (Å²) in [6.07, 6.45) is 7.04. The van der Waals surface area contributed by atoms with Crippen molar-refractivity contribution in [2.24, 2.45) is 4.99 Å². The number of benzene rings is 2. The first-order valence-electron chi connectivity index (χ1n) is 8.72. The maximum atomic E-state index is 12.4. The Bertz CT molecular complexity index is 1070. The van der Waals surface area contributed by atoms with Gasteiger partial charge in [-0.3, -0.25) is 4.79 Å². The number of hydrogen-bond donors (Lipinski definition) is 1. The van der Waals surface area contributed by atoms with Gasteiger partial charge < -0.3 is 14.8 Å². The molecule has 0 radical (unpaired) electrons. The van der Waals surface area contributed by atoms with Gasteiger partial charge in [-0.2, -0.15) is 0 Å². The molecule has 2 aromatic rings. The number of thioether (sulfide) groups is 1. The Kier molecular flexibility index (Phi) is 6.68. The molecule has 148 valence electrons. The van der Waals surface area contributed by atoms with Crippen LogP contribution in [0, 0.1) is 26.2 Å². The van der Waals surface area contributed by atoms with E-state index < -0.39 is 0 Å². The van der Waals surface area contributed by atoms with Gasteiger partial charge in [0.25, 0.3) is 5.91 Å². The molecule has 2 aromatic carbocycles. The molecular weight excluding hydrogens is 452 g/mol. The smallest absolute Gasteiger partial charge is 0.264 e. The molecule has 0 saturated carbocycles. The molecule has 3 rings (SSSR count). The molecule has 7 heteroatoms. The molecule has 1 aliphatic rings. The summed E-state index contributed by atoms with van der Waals surface area (Å²) in [6.45, 7) is 4.18. The van der Waals surface area contributed by atoms with Crippen molar-refractivity contribution >= 4 is 50.5 Å². The second-order valence-electron chi connectivity index (χ2n) is 6.23. The molecule has 0 bridgehead atoms. The highest BCUT2D eigenvalue weighted by Gasteiger charge is 2.24. The minimum atomic E-state index is -0.193. The lowest BCUT2D eigenvalue weighted by Crippen LogP contribution is -2.19. The first kappa shape index (κ1) is 21.0. The van der Waals surface area contributed by atoms with Crippen molar-refractivity contribution in [2.75, 3.05) is 13.7 Å². The number of nitrogens with zero attached hydrogens (tertiary/aromatic N) is 1. The minimum Gasteiger partial charge on any atom is -0.493 e. The fourth-order valence-corrected chi connectivity index (χ4v) is 4.08. The van der Waals surface area contributed by atoms with Gasteiger partial charge >= 0.3 is 0 Å². The molecule has 0 aliphatic carbocycles. The van der Waals surface area contributed by atoms with E-state index in [9.17, 15) is 4.79 Å². The van der Waals surface area contributed by atoms with E-state index in [1.807, 2.05) is 38.1 Å². The highest BCUT2D eigenvalue weighted by molar-refractivity contribution is 9.10. The molecule has 0 unspecified atom stereocenters. The largest absolute Gasteiger partial charge is 0.493 e. The fraction of sp³-hybridized carbons (Fsp3) is 0.182. The van der Waals surface area contributed by atoms with Gasteiger partial charge in [0.15, 0.2) is 16.7 Å². The lowest BCUT2D eigenvalue weighted by atomic mass is 10.1. The normalized spacial score (nSPS) is 16.0. The van der Waals surface area contributed by atoms with Gasteiger partial charge in [0.2, 0.25) is 0 Å². The Morgan fingerprint density at radius 2 is 2.14 bits per heavy atom. The van der Waals surface area contributed by atoms with Crippen LogP contribution in [0.5, 0.6) is 11.5 Å². The maximum absolute atomic E-state index is 12.4. The number of amidine groups is 1. The van der Waals surface area contributed by atoms with Crippen molar-refractivity contribution in [3.8, 4) is 23.8 Å². The van der Waals surface area contributed by atoms with Crippen LogP contribution in [0.2, 0.25) is 0 Å². The second-order valence-corrected chi connectivity index (χ2v) is 8.11. The molecule has 1 aliphatic heterocycles. The predicted octanol–water partition coefficient (Wildman–Crippen LogP) is 4.98. The highest BCUT2D eigenvalue weighted by atomic mass is 79.9. The van der Waals surface area contributed by atoms with E-state index in [0.717, 1.165) is 22.4 Å². The summed E-state index contributed by atoms with van der Waals surface area (Å²) in [5.41, 5.74) is 3.87. The Balaban J connectivity index is 1.89. The molecule has 5 nitrogen and oxygen atoms in total. The molecular formula is C22H19BrN2O3S. The van der Waals surface area contributed by atoms with E-state index in [0.29, 0.717) is 26.0 Å². The number of aryl methyl sites for hydroxylation is 1. The fourth-order valence-electron chi connectivity index (χ4n) is 2.68. The number of amides is 1. The summed E-state index contributed by atoms with van der Waals surface area (Å²) in [5, 5.41) is 3.37. The van der Waals surface area contributed by atoms with Crippen LogP contribution in [0.15, 0.2) is 44.7 Å². The van der Waals surface area contributed by atoms with Crippen LogP contribution in [0.1, 0.15) is 16.7 Å². The Hall–Kier alpha value is -2.69. The summed E-state index contributed by atoms with van der Waals surface area (Å²) >= 11 is 4.77. The van der Waals surface area contributed by atoms with Crippen LogP contribution in [0.4, 0.5) is 5.69 Å². The number of terminal acetylenes is 1. The molecule has 0 spiro atoms. The van der Waals surface area contributed by atoms with Crippen molar-refractivity contribution in [3.05, 3.63) is 56.4 Å². The molecule has 0 aromatic heterocycles. The van der Waals surface area contributed by atoms with E-state index in [1.165, 1.54) is 11.8 Å². The number of carbonyl (C=O) groups is 1. The minimum absolute atomic E-state index is 0.131. The van der Waals surface area contributed by atoms with E-state index in [2.05, 4.69) is 32.2 Å². The average Bonchev–Trinajstić information content (AvgIpc) is 3.03. The summed E-state index contributed by atoms with van der Waals surface area (Å²) < 4.78 is 11.6. The SMILES string of the molecule is C#CCOc1c(Br)cc(C=C2SC(=Nc3cccc(C)c3C)NC2=O)cc1OC. The molecule has 1 N–H and O–H groups in total. The van der Waals surface area contributed by atoms with Crippen molar-refractivity contribution < 1.29 is 14.3 Å². The van der Waals surface area contributed by atoms with E-state index >= 15 is 0 Å². The van der Waals surface area contributed by atoms with Crippen molar-refractivity contribution in [3.63, 3.8) is 0 Å². The number of ether oxygens (including phenoxy) is 2. The van der Waals surface area contributed by atoms with Gasteiger partial charge in [-0.15, -0.1) is 6.42 Å². The van der Waals surface area contributed by atoms with Crippen LogP contribution < -0.4 is 14.8 Å². The standard InChI is InChI=1S/C22H19BrN2O3S/c1-5-9-28-20-16(23)10-15(11-18(20)27-4)12-19-21(26)25-22(29-19)24-17-8-6-7-13(2)14(17)3/h1,6-8,10-12H,9H2,2-4H3,(H,24,25,26). The van der Waals surface area contributed by atoms with Crippen molar-refractivity contribution in [1.82, 2.24) is 5.32 Å². The third-order valence-electron chi connectivity index (χ3n) is 4.30. The van der Waals surface area contributed by atoms with Crippen LogP contribution in [-0.4, -0.2) is 24.8 Å². The third kappa shape index (κ3) is 4.84. The van der Waals surface area contributed by atoms with Gasteiger partial charge in [0.1, 0.15) is 6.61 Å². The van der Waals surface area contributed by atoms with Gasteiger partial charge in [-0.1, -0.05) is 18.1 Å². The van der Waals surface area contributed by atoms with E-state index in [4.69, 9.17) is 15.9 Å². The number of methoxy groups -OCH3 is 1. The van der Waals surface area contributed by atoms with Crippen LogP contribution in [-0.2, 0) is 4.79 Å². The Morgan fingerprint density at radius 1 is 1.34 bits per heavy atom. The van der Waals surface area contributed by atoms with Gasteiger partial charge in [-0.25, -0.2) is 4.99 Å². The van der Waals surface area contributed by atoms with Gasteiger partial charge in [-0.05, 0) is 82.5 Å². The van der Waals surface area contributed by atoms with Crippen LogP contribution in [0.3, 0.4) is 0 Å². The van der Waals surface area contributed by atoms with Crippen LogP contribution in [0.25, 0.3) is 6.08 Å². The quantitative estimate of drug-likeness (QED) is 0.494. The lowest BCUT2D eigenvalue weighted by molar-refractivity contribution is -0.115. The van der Waals surface area contributed by atoms with E-state index in [-0.39, 0.29) is 12.5 Å². The van der Waals surface area contributed by atoms with E-state index in [1.54, 1.807) is 19.3 Å². The zero-order valence-corrected chi connectivity index (χ0v) is 18.6. The Morgan fingerprint density at radius 3 is 2.86 bits per heavy atom. The first-order valence-corrected chi connectivity index (χ1v) is 10.3. The predicted molar refractivity (Wildman–Crippen MR) is 122 cm³/mol. The molecule has 1 heterocycles. The summed E-state index contributed by atoms with van der Waals surface area (Å²) in [5.74, 6) is 3.28. The summed E-state index contributed by atoms with van der Waals surface area (Å²) in [7, 11) is 1.55. The molecule has 1 amide bonds. The molecule has 0 atom stereocenters. The van der Waals surface area contributed by atoms with Gasteiger partial charge in [0.05, 0.1) is 22.2 Å². The number of carbonyl (C=O) groups excluding carboxylic acids is 1. The summed E-state index contributed by atoms with van der Waals surface area (Å²) in [4.78, 5) is 17.5. The second kappa shape index (κ2) is 9.21. The molecule has 29 heavy (non-hydrogen) atoms. The number of hydrogen-bond acceptors (Lipinski definition) is 5. The summed E-state index contributed by atoms with van der Waals surface area (Å²) in [6, 6.07) is 9.55. The van der Waals surface area contributed by atoms with Crippen LogP contribution >= 0.6 is 27.7 Å². The van der Waals surface area contributed by atoms with Gasteiger partial charge in [0, 0.05) is 0 Å². The first-order chi connectivity index (χ1) is 13.9. The van der Waals surface area contributed by atoms with Crippen molar-refractivity contribution in [1.29, 1.82) is 0 Å². The number of nitrogens with one attached hydrogen (secondary N) is 1. The number of rotatable bonds is 5. The molecule has 1 fully saturated rings.